The van der Waals surface area contributed by atoms with Crippen LogP contribution < -0.4 is 0 Å². The van der Waals surface area contributed by atoms with Crippen LogP contribution in [0.15, 0.2) is 18.3 Å². The SMILES string of the molecule is Cc1ncc(-c2ccc(F)c(F)c2O)[nH]1. The highest BCUT2D eigenvalue weighted by atomic mass is 19.2. The number of halogens is 2. The maximum atomic E-state index is 13.0. The summed E-state index contributed by atoms with van der Waals surface area (Å²) in [5, 5.41) is 9.38. The highest BCUT2D eigenvalue weighted by Gasteiger charge is 2.14. The summed E-state index contributed by atoms with van der Waals surface area (Å²) in [6, 6.07) is 2.25. The number of hydrogen-bond donors (Lipinski definition) is 2. The van der Waals surface area contributed by atoms with Crippen LogP contribution in [0.1, 0.15) is 5.82 Å². The number of aromatic nitrogens is 2. The zero-order valence-electron chi connectivity index (χ0n) is 7.88. The number of nitrogens with one attached hydrogen (secondary N) is 1. The van der Waals surface area contributed by atoms with Crippen LogP contribution in [0.3, 0.4) is 0 Å². The van der Waals surface area contributed by atoms with Crippen molar-refractivity contribution >= 4 is 0 Å². The minimum absolute atomic E-state index is 0.189. The molecule has 0 fully saturated rings. The molecule has 1 heterocycles. The van der Waals surface area contributed by atoms with Crippen LogP contribution in [0.5, 0.6) is 5.75 Å². The van der Waals surface area contributed by atoms with E-state index < -0.39 is 17.4 Å². The van der Waals surface area contributed by atoms with E-state index in [1.165, 1.54) is 12.3 Å². The van der Waals surface area contributed by atoms with E-state index in [-0.39, 0.29) is 5.56 Å². The first kappa shape index (κ1) is 9.64. The molecule has 2 rings (SSSR count). The number of phenolic OH excluding ortho intramolecular Hbond substituents is 1. The lowest BCUT2D eigenvalue weighted by molar-refractivity contribution is 0.409. The molecule has 0 aliphatic heterocycles. The van der Waals surface area contributed by atoms with E-state index in [1.54, 1.807) is 6.92 Å². The number of aromatic amines is 1. The summed E-state index contributed by atoms with van der Waals surface area (Å²) in [5.74, 6) is -2.40. The van der Waals surface area contributed by atoms with Gasteiger partial charge in [0.2, 0.25) is 5.82 Å². The Kier molecular flexibility index (Phi) is 2.15. The molecule has 1 aromatic heterocycles. The predicted molar refractivity (Wildman–Crippen MR) is 50.3 cm³/mol. The van der Waals surface area contributed by atoms with Crippen molar-refractivity contribution in [2.75, 3.05) is 0 Å². The molecular formula is C10H8F2N2O. The van der Waals surface area contributed by atoms with Crippen molar-refractivity contribution in [3.05, 3.63) is 35.8 Å². The average Bonchev–Trinajstić information content (AvgIpc) is 2.61. The minimum atomic E-state index is -1.25. The van der Waals surface area contributed by atoms with E-state index in [1.807, 2.05) is 0 Å². The molecule has 0 saturated heterocycles. The van der Waals surface area contributed by atoms with Crippen molar-refractivity contribution in [2.24, 2.45) is 0 Å². The lowest BCUT2D eigenvalue weighted by Crippen LogP contribution is -1.88. The molecule has 0 aliphatic rings. The van der Waals surface area contributed by atoms with Gasteiger partial charge in [-0.2, -0.15) is 4.39 Å². The third-order valence-corrected chi connectivity index (χ3v) is 2.06. The van der Waals surface area contributed by atoms with Crippen LogP contribution in [0.4, 0.5) is 8.78 Å². The third-order valence-electron chi connectivity index (χ3n) is 2.06. The molecule has 0 radical (unpaired) electrons. The highest BCUT2D eigenvalue weighted by molar-refractivity contribution is 5.66. The summed E-state index contributed by atoms with van der Waals surface area (Å²) in [6.45, 7) is 1.72. The van der Waals surface area contributed by atoms with E-state index in [2.05, 4.69) is 9.97 Å². The zero-order valence-corrected chi connectivity index (χ0v) is 7.88. The van der Waals surface area contributed by atoms with E-state index in [9.17, 15) is 13.9 Å². The number of hydrogen-bond acceptors (Lipinski definition) is 2. The van der Waals surface area contributed by atoms with Gasteiger partial charge in [-0.25, -0.2) is 9.37 Å². The molecule has 5 heteroatoms. The van der Waals surface area contributed by atoms with E-state index in [0.29, 0.717) is 11.5 Å². The van der Waals surface area contributed by atoms with E-state index in [4.69, 9.17) is 0 Å². The topological polar surface area (TPSA) is 48.9 Å². The van der Waals surface area contributed by atoms with Gasteiger partial charge in [0, 0.05) is 5.56 Å². The Hall–Kier alpha value is -1.91. The molecule has 0 atom stereocenters. The van der Waals surface area contributed by atoms with Crippen molar-refractivity contribution in [2.45, 2.75) is 6.92 Å². The van der Waals surface area contributed by atoms with Crippen LogP contribution >= 0.6 is 0 Å². The first-order chi connectivity index (χ1) is 7.09. The lowest BCUT2D eigenvalue weighted by atomic mass is 10.1. The Morgan fingerprint density at radius 1 is 1.33 bits per heavy atom. The van der Waals surface area contributed by atoms with Crippen LogP contribution in [-0.2, 0) is 0 Å². The number of rotatable bonds is 1. The molecule has 0 saturated carbocycles. The van der Waals surface area contributed by atoms with Crippen molar-refractivity contribution in [3.8, 4) is 17.0 Å². The Balaban J connectivity index is 2.59. The minimum Gasteiger partial charge on any atom is -0.504 e. The van der Waals surface area contributed by atoms with Crippen molar-refractivity contribution in [1.29, 1.82) is 0 Å². The molecule has 0 spiro atoms. The predicted octanol–water partition coefficient (Wildman–Crippen LogP) is 2.37. The summed E-state index contributed by atoms with van der Waals surface area (Å²) in [7, 11) is 0. The average molecular weight is 210 g/mol. The summed E-state index contributed by atoms with van der Waals surface area (Å²) >= 11 is 0. The first-order valence-electron chi connectivity index (χ1n) is 4.28. The largest absolute Gasteiger partial charge is 0.504 e. The Morgan fingerprint density at radius 3 is 2.67 bits per heavy atom. The fourth-order valence-corrected chi connectivity index (χ4v) is 1.31. The number of imidazole rings is 1. The van der Waals surface area contributed by atoms with Crippen LogP contribution in [0, 0.1) is 18.6 Å². The van der Waals surface area contributed by atoms with Gasteiger partial charge in [-0.05, 0) is 19.1 Å². The maximum absolute atomic E-state index is 13.0. The maximum Gasteiger partial charge on any atom is 0.201 e. The van der Waals surface area contributed by atoms with Gasteiger partial charge in [-0.1, -0.05) is 0 Å². The lowest BCUT2D eigenvalue weighted by Gasteiger charge is -2.03. The molecule has 0 unspecified atom stereocenters. The second-order valence-electron chi connectivity index (χ2n) is 3.14. The summed E-state index contributed by atoms with van der Waals surface area (Å²) in [4.78, 5) is 6.72. The number of benzene rings is 1. The molecule has 0 bridgehead atoms. The van der Waals surface area contributed by atoms with Crippen LogP contribution in [0.25, 0.3) is 11.3 Å². The van der Waals surface area contributed by atoms with Crippen LogP contribution in [0.2, 0.25) is 0 Å². The third kappa shape index (κ3) is 1.56. The van der Waals surface area contributed by atoms with E-state index in [0.717, 1.165) is 6.07 Å². The molecule has 0 amide bonds. The summed E-state index contributed by atoms with van der Waals surface area (Å²) in [5.41, 5.74) is 0.637. The quantitative estimate of drug-likeness (QED) is 0.759. The van der Waals surface area contributed by atoms with Gasteiger partial charge >= 0.3 is 0 Å². The van der Waals surface area contributed by atoms with Crippen molar-refractivity contribution in [1.82, 2.24) is 9.97 Å². The molecule has 0 aliphatic carbocycles. The number of phenols is 1. The molecule has 78 valence electrons. The molecule has 2 aromatic rings. The van der Waals surface area contributed by atoms with Gasteiger partial charge < -0.3 is 10.1 Å². The Morgan fingerprint density at radius 2 is 2.07 bits per heavy atom. The standard InChI is InChI=1S/C10H8F2N2O/c1-5-13-4-8(14-5)6-2-3-7(11)9(12)10(6)15/h2-4,15H,1H3,(H,13,14). The van der Waals surface area contributed by atoms with Crippen molar-refractivity contribution < 1.29 is 13.9 Å². The normalized spacial score (nSPS) is 10.6. The summed E-state index contributed by atoms with van der Waals surface area (Å²) < 4.78 is 25.7. The first-order valence-corrected chi connectivity index (χ1v) is 4.28. The molecule has 1 aromatic carbocycles. The van der Waals surface area contributed by atoms with Gasteiger partial charge in [0.05, 0.1) is 11.9 Å². The molecule has 2 N–H and O–H groups in total. The van der Waals surface area contributed by atoms with Crippen LogP contribution in [-0.4, -0.2) is 15.1 Å². The fourth-order valence-electron chi connectivity index (χ4n) is 1.31. The van der Waals surface area contributed by atoms with E-state index >= 15 is 0 Å². The molecule has 3 nitrogen and oxygen atoms in total. The zero-order chi connectivity index (χ0) is 11.0. The number of aryl methyl sites for hydroxylation is 1. The smallest absolute Gasteiger partial charge is 0.201 e. The number of nitrogens with zero attached hydrogens (tertiary/aromatic N) is 1. The number of aromatic hydroxyl groups is 1. The monoisotopic (exact) mass is 210 g/mol. The highest BCUT2D eigenvalue weighted by Crippen LogP contribution is 2.31. The van der Waals surface area contributed by atoms with Gasteiger partial charge in [0.1, 0.15) is 5.82 Å². The van der Waals surface area contributed by atoms with Gasteiger partial charge in [-0.15, -0.1) is 0 Å². The van der Waals surface area contributed by atoms with Crippen molar-refractivity contribution in [3.63, 3.8) is 0 Å². The van der Waals surface area contributed by atoms with Gasteiger partial charge in [-0.3, -0.25) is 0 Å². The number of H-pyrrole nitrogens is 1. The van der Waals surface area contributed by atoms with Gasteiger partial charge in [0.15, 0.2) is 11.6 Å². The second-order valence-corrected chi connectivity index (χ2v) is 3.14. The molecular weight excluding hydrogens is 202 g/mol. The Bertz CT molecular complexity index is 508. The molecule has 15 heavy (non-hydrogen) atoms. The second kappa shape index (κ2) is 3.34. The fraction of sp³-hybridized carbons (Fsp3) is 0.100. The van der Waals surface area contributed by atoms with Gasteiger partial charge in [0.25, 0.3) is 0 Å². The summed E-state index contributed by atoms with van der Waals surface area (Å²) in [6.07, 6.45) is 1.45. The Labute approximate surface area is 84.4 Å².